The summed E-state index contributed by atoms with van der Waals surface area (Å²) in [6.07, 6.45) is 0. The third-order valence-corrected chi connectivity index (χ3v) is 6.40. The van der Waals surface area contributed by atoms with Crippen LogP contribution in [0.2, 0.25) is 0 Å². The second-order valence-corrected chi connectivity index (χ2v) is 8.83. The molecule has 6 nitrogen and oxygen atoms in total. The Kier molecular flexibility index (Phi) is 6.53. The Morgan fingerprint density at radius 2 is 2.03 bits per heavy atom. The van der Waals surface area contributed by atoms with Crippen LogP contribution in [0.3, 0.4) is 0 Å². The summed E-state index contributed by atoms with van der Waals surface area (Å²) in [5, 5.41) is 10.2. The third kappa shape index (κ3) is 5.23. The van der Waals surface area contributed by atoms with Crippen LogP contribution in [0, 0.1) is 19.7 Å². The lowest BCUT2D eigenvalue weighted by Crippen LogP contribution is -2.07. The summed E-state index contributed by atoms with van der Waals surface area (Å²) in [7, 11) is 0. The minimum atomic E-state index is -0.333. The van der Waals surface area contributed by atoms with Crippen LogP contribution in [0.4, 0.5) is 4.39 Å². The second kappa shape index (κ2) is 9.49. The van der Waals surface area contributed by atoms with E-state index in [0.717, 1.165) is 17.9 Å². The van der Waals surface area contributed by atoms with Crippen molar-refractivity contribution >= 4 is 28.9 Å². The van der Waals surface area contributed by atoms with Gasteiger partial charge in [-0.3, -0.25) is 4.79 Å². The Morgan fingerprint density at radius 3 is 2.77 bits per heavy atom. The molecule has 0 saturated carbocycles. The molecule has 0 aliphatic carbocycles. The number of thiophene rings is 1. The van der Waals surface area contributed by atoms with Crippen molar-refractivity contribution in [3.8, 4) is 5.75 Å². The quantitative estimate of drug-likeness (QED) is 0.251. The van der Waals surface area contributed by atoms with Crippen LogP contribution < -0.4 is 4.74 Å². The van der Waals surface area contributed by atoms with Gasteiger partial charge < -0.3 is 13.7 Å². The van der Waals surface area contributed by atoms with Crippen LogP contribution >= 0.6 is 23.1 Å². The molecular formula is C22H20FN3O3S2. The van der Waals surface area contributed by atoms with E-state index in [9.17, 15) is 9.18 Å². The van der Waals surface area contributed by atoms with Crippen LogP contribution in [0.5, 0.6) is 5.75 Å². The van der Waals surface area contributed by atoms with Gasteiger partial charge in [-0.15, -0.1) is 21.5 Å². The highest BCUT2D eigenvalue weighted by Crippen LogP contribution is 2.23. The van der Waals surface area contributed by atoms with E-state index in [4.69, 9.17) is 9.15 Å². The van der Waals surface area contributed by atoms with E-state index in [1.54, 1.807) is 11.3 Å². The van der Waals surface area contributed by atoms with E-state index in [2.05, 4.69) is 26.2 Å². The Morgan fingerprint density at radius 1 is 1.23 bits per heavy atom. The van der Waals surface area contributed by atoms with Gasteiger partial charge in [0, 0.05) is 21.8 Å². The number of ketones is 1. The number of nitrogens with zero attached hydrogens (tertiary/aromatic N) is 3. The maximum absolute atomic E-state index is 12.9. The summed E-state index contributed by atoms with van der Waals surface area (Å²) < 4.78 is 26.1. The van der Waals surface area contributed by atoms with Gasteiger partial charge in [0.15, 0.2) is 12.4 Å². The number of aromatic nitrogens is 3. The lowest BCUT2D eigenvalue weighted by molar-refractivity contribution is 0.102. The first-order valence-corrected chi connectivity index (χ1v) is 11.4. The summed E-state index contributed by atoms with van der Waals surface area (Å²) in [6.45, 7) is 4.81. The summed E-state index contributed by atoms with van der Waals surface area (Å²) in [5.41, 5.74) is 2.72. The summed E-state index contributed by atoms with van der Waals surface area (Å²) >= 11 is 2.90. The molecule has 4 aromatic rings. The molecule has 1 aromatic carbocycles. The maximum Gasteiger partial charge on any atom is 0.277 e. The molecule has 31 heavy (non-hydrogen) atoms. The number of halogens is 1. The average Bonchev–Trinajstić information content (AvgIpc) is 3.50. The molecule has 0 amide bonds. The van der Waals surface area contributed by atoms with Gasteiger partial charge >= 0.3 is 0 Å². The Labute approximate surface area is 187 Å². The van der Waals surface area contributed by atoms with Crippen LogP contribution in [0.25, 0.3) is 0 Å². The predicted molar refractivity (Wildman–Crippen MR) is 117 cm³/mol. The van der Waals surface area contributed by atoms with Crippen LogP contribution in [-0.2, 0) is 13.2 Å². The number of hydrogen-bond acceptors (Lipinski definition) is 7. The number of hydrogen-bond donors (Lipinski definition) is 0. The fourth-order valence-corrected chi connectivity index (χ4v) is 4.48. The molecule has 0 fully saturated rings. The molecular weight excluding hydrogens is 437 g/mol. The number of rotatable bonds is 9. The van der Waals surface area contributed by atoms with E-state index in [1.165, 1.54) is 40.9 Å². The highest BCUT2D eigenvalue weighted by molar-refractivity contribution is 7.99. The van der Waals surface area contributed by atoms with Crippen LogP contribution in [0.1, 0.15) is 32.5 Å². The number of thioether (sulfide) groups is 1. The van der Waals surface area contributed by atoms with Gasteiger partial charge in [-0.1, -0.05) is 17.8 Å². The van der Waals surface area contributed by atoms with E-state index in [1.807, 2.05) is 26.0 Å². The summed E-state index contributed by atoms with van der Waals surface area (Å²) in [4.78, 5) is 14.0. The molecule has 0 aliphatic heterocycles. The average molecular weight is 458 g/mol. The standard InChI is InChI=1S/C22H20FN3O3S2/c1-14-10-19(15(2)26(14)11-18-4-3-9-30-18)20(27)13-31-22-25-24-21(29-22)12-28-17-7-5-16(23)6-8-17/h3-10H,11-13H2,1-2H3. The molecule has 0 atom stereocenters. The topological polar surface area (TPSA) is 70.2 Å². The van der Waals surface area contributed by atoms with Gasteiger partial charge in [-0.25, -0.2) is 4.39 Å². The van der Waals surface area contributed by atoms with Gasteiger partial charge in [0.25, 0.3) is 11.1 Å². The monoisotopic (exact) mass is 457 g/mol. The number of ether oxygens (including phenoxy) is 1. The minimum absolute atomic E-state index is 0.0119. The smallest absolute Gasteiger partial charge is 0.277 e. The van der Waals surface area contributed by atoms with Crippen molar-refractivity contribution in [2.45, 2.75) is 32.2 Å². The lowest BCUT2D eigenvalue weighted by Gasteiger charge is -2.08. The third-order valence-electron chi connectivity index (χ3n) is 4.72. The van der Waals surface area contributed by atoms with Gasteiger partial charge in [-0.2, -0.15) is 0 Å². The number of carbonyl (C=O) groups is 1. The van der Waals surface area contributed by atoms with E-state index >= 15 is 0 Å². The fourth-order valence-electron chi connectivity index (χ4n) is 3.12. The van der Waals surface area contributed by atoms with E-state index in [-0.39, 0.29) is 29.9 Å². The Hall–Kier alpha value is -2.91. The molecule has 9 heteroatoms. The van der Waals surface area contributed by atoms with Crippen molar-refractivity contribution in [2.24, 2.45) is 0 Å². The molecule has 160 valence electrons. The van der Waals surface area contributed by atoms with Crippen molar-refractivity contribution in [3.05, 3.63) is 81.4 Å². The number of benzene rings is 1. The molecule has 0 unspecified atom stereocenters. The van der Waals surface area contributed by atoms with Gasteiger partial charge in [-0.05, 0) is 55.6 Å². The Bertz CT molecular complexity index is 1170. The van der Waals surface area contributed by atoms with Crippen molar-refractivity contribution in [2.75, 3.05) is 5.75 Å². The first kappa shape index (κ1) is 21.3. The summed E-state index contributed by atoms with van der Waals surface area (Å²) in [5.74, 6) is 0.665. The molecule has 0 spiro atoms. The van der Waals surface area contributed by atoms with Gasteiger partial charge in [0.2, 0.25) is 0 Å². The summed E-state index contributed by atoms with van der Waals surface area (Å²) in [6, 6.07) is 11.7. The van der Waals surface area contributed by atoms with Crippen molar-refractivity contribution in [3.63, 3.8) is 0 Å². The molecule has 0 saturated heterocycles. The number of carbonyl (C=O) groups excluding carboxylic acids is 1. The zero-order valence-electron chi connectivity index (χ0n) is 17.0. The first-order valence-electron chi connectivity index (χ1n) is 9.55. The van der Waals surface area contributed by atoms with Gasteiger partial charge in [0.1, 0.15) is 11.6 Å². The fraction of sp³-hybridized carbons (Fsp3) is 0.227. The molecule has 4 rings (SSSR count). The van der Waals surface area contributed by atoms with Crippen molar-refractivity contribution < 1.29 is 18.3 Å². The molecule has 3 aromatic heterocycles. The molecule has 0 aliphatic rings. The molecule has 0 N–H and O–H groups in total. The number of aryl methyl sites for hydroxylation is 1. The first-order chi connectivity index (χ1) is 15.0. The van der Waals surface area contributed by atoms with Gasteiger partial charge in [0.05, 0.1) is 12.3 Å². The zero-order valence-corrected chi connectivity index (χ0v) is 18.6. The van der Waals surface area contributed by atoms with Crippen molar-refractivity contribution in [1.29, 1.82) is 0 Å². The highest BCUT2D eigenvalue weighted by atomic mass is 32.2. The minimum Gasteiger partial charge on any atom is -0.484 e. The van der Waals surface area contributed by atoms with Crippen LogP contribution in [-0.4, -0.2) is 26.3 Å². The number of Topliss-reactive ketones (excluding diaryl/α,β-unsaturated/α-hetero) is 1. The molecule has 0 radical (unpaired) electrons. The zero-order chi connectivity index (χ0) is 21.8. The second-order valence-electron chi connectivity index (χ2n) is 6.87. The van der Waals surface area contributed by atoms with E-state index in [0.29, 0.717) is 16.5 Å². The largest absolute Gasteiger partial charge is 0.484 e. The van der Waals surface area contributed by atoms with E-state index < -0.39 is 0 Å². The molecule has 0 bridgehead atoms. The normalized spacial score (nSPS) is 11.1. The SMILES string of the molecule is Cc1cc(C(=O)CSc2nnc(COc3ccc(F)cc3)o2)c(C)n1Cc1cccs1. The lowest BCUT2D eigenvalue weighted by atomic mass is 10.2. The van der Waals surface area contributed by atoms with Crippen LogP contribution in [0.15, 0.2) is 57.5 Å². The Balaban J connectivity index is 1.33. The predicted octanol–water partition coefficient (Wildman–Crippen LogP) is 5.29. The van der Waals surface area contributed by atoms with Crippen molar-refractivity contribution in [1.82, 2.24) is 14.8 Å². The maximum atomic E-state index is 12.9. The highest BCUT2D eigenvalue weighted by Gasteiger charge is 2.18. The molecule has 3 heterocycles.